The minimum absolute atomic E-state index is 0.530. The predicted molar refractivity (Wildman–Crippen MR) is 53.2 cm³/mol. The number of hydrogen-bond acceptors (Lipinski definition) is 3. The number of hydrogen-bond donors (Lipinski definition) is 0. The maximum absolute atomic E-state index is 5.83. The molecule has 1 aromatic heterocycles. The van der Waals surface area contributed by atoms with Crippen LogP contribution >= 0.6 is 11.6 Å². The molecule has 1 fully saturated rings. The second kappa shape index (κ2) is 3.14. The molecule has 0 atom stereocenters. The first-order valence-electron chi connectivity index (χ1n) is 4.41. The Morgan fingerprint density at radius 3 is 2.69 bits per heavy atom. The van der Waals surface area contributed by atoms with E-state index in [0.717, 1.165) is 30.6 Å². The Balaban J connectivity index is 2.21. The molecule has 0 N–H and O–H groups in total. The average Bonchev–Trinajstić information content (AvgIpc) is 1.96. The lowest BCUT2D eigenvalue weighted by Gasteiger charge is -2.38. The molecule has 0 unspecified atom stereocenters. The number of aryl methyl sites for hydroxylation is 1. The number of halogens is 1. The van der Waals surface area contributed by atoms with E-state index >= 15 is 0 Å². The van der Waals surface area contributed by atoms with Gasteiger partial charge in [0.2, 0.25) is 0 Å². The summed E-state index contributed by atoms with van der Waals surface area (Å²) in [5, 5.41) is 0.530. The largest absolute Gasteiger partial charge is 0.356 e. The van der Waals surface area contributed by atoms with Gasteiger partial charge in [-0.25, -0.2) is 9.97 Å². The van der Waals surface area contributed by atoms with Crippen molar-refractivity contribution in [2.24, 2.45) is 5.92 Å². The minimum Gasteiger partial charge on any atom is -0.356 e. The third kappa shape index (κ3) is 1.75. The first kappa shape index (κ1) is 8.75. The Kier molecular flexibility index (Phi) is 2.12. The fourth-order valence-corrected chi connectivity index (χ4v) is 1.78. The van der Waals surface area contributed by atoms with Crippen LogP contribution < -0.4 is 4.90 Å². The van der Waals surface area contributed by atoms with Gasteiger partial charge in [-0.15, -0.1) is 0 Å². The third-order valence-electron chi connectivity index (χ3n) is 2.18. The molecule has 1 aromatic rings. The normalized spacial score (nSPS) is 17.3. The lowest BCUT2D eigenvalue weighted by molar-refractivity contribution is 0.443. The van der Waals surface area contributed by atoms with Gasteiger partial charge in [0.15, 0.2) is 0 Å². The third-order valence-corrected chi connectivity index (χ3v) is 2.37. The molecule has 1 aliphatic rings. The Morgan fingerprint density at radius 2 is 2.15 bits per heavy atom. The maximum atomic E-state index is 5.83. The lowest BCUT2D eigenvalue weighted by atomic mass is 10.0. The van der Waals surface area contributed by atoms with Crippen molar-refractivity contribution in [2.45, 2.75) is 13.8 Å². The molecule has 2 heterocycles. The van der Waals surface area contributed by atoms with Crippen LogP contribution in [0.5, 0.6) is 0 Å². The van der Waals surface area contributed by atoms with Gasteiger partial charge in [-0.3, -0.25) is 0 Å². The van der Waals surface area contributed by atoms with E-state index in [0.29, 0.717) is 5.15 Å². The first-order valence-corrected chi connectivity index (χ1v) is 4.79. The van der Waals surface area contributed by atoms with Gasteiger partial charge in [-0.05, 0) is 12.8 Å². The SMILES string of the molecule is Cc1nc(Cl)cc(N2CC(C)C2)n1. The van der Waals surface area contributed by atoms with Crippen LogP contribution in [0.3, 0.4) is 0 Å². The topological polar surface area (TPSA) is 29.0 Å². The van der Waals surface area contributed by atoms with Crippen molar-refractivity contribution in [2.75, 3.05) is 18.0 Å². The van der Waals surface area contributed by atoms with E-state index in [1.165, 1.54) is 0 Å². The van der Waals surface area contributed by atoms with E-state index in [2.05, 4.69) is 21.8 Å². The molecule has 1 aliphatic heterocycles. The van der Waals surface area contributed by atoms with Gasteiger partial charge in [-0.2, -0.15) is 0 Å². The smallest absolute Gasteiger partial charge is 0.134 e. The van der Waals surface area contributed by atoms with Crippen molar-refractivity contribution in [1.82, 2.24) is 9.97 Å². The zero-order valence-corrected chi connectivity index (χ0v) is 8.54. The standard InChI is InChI=1S/C9H12ClN3/c1-6-4-13(5-6)9-3-8(10)11-7(2)12-9/h3,6H,4-5H2,1-2H3. The van der Waals surface area contributed by atoms with Crippen molar-refractivity contribution >= 4 is 17.4 Å². The molecule has 70 valence electrons. The van der Waals surface area contributed by atoms with Crippen LogP contribution in [-0.4, -0.2) is 23.1 Å². The molecule has 0 aliphatic carbocycles. The minimum atomic E-state index is 0.530. The van der Waals surface area contributed by atoms with Crippen LogP contribution in [-0.2, 0) is 0 Å². The van der Waals surface area contributed by atoms with E-state index in [9.17, 15) is 0 Å². The Morgan fingerprint density at radius 1 is 1.46 bits per heavy atom. The van der Waals surface area contributed by atoms with Crippen LogP contribution in [0.15, 0.2) is 6.07 Å². The fourth-order valence-electron chi connectivity index (χ4n) is 1.56. The Bertz CT molecular complexity index is 300. The summed E-state index contributed by atoms with van der Waals surface area (Å²) in [7, 11) is 0. The second-order valence-corrected chi connectivity index (χ2v) is 3.99. The van der Waals surface area contributed by atoms with Crippen LogP contribution in [0.25, 0.3) is 0 Å². The van der Waals surface area contributed by atoms with Crippen molar-refractivity contribution in [1.29, 1.82) is 0 Å². The molecular formula is C9H12ClN3. The van der Waals surface area contributed by atoms with E-state index in [-0.39, 0.29) is 0 Å². The van der Waals surface area contributed by atoms with E-state index < -0.39 is 0 Å². The highest BCUT2D eigenvalue weighted by Crippen LogP contribution is 2.23. The molecule has 2 rings (SSSR count). The van der Waals surface area contributed by atoms with Crippen LogP contribution in [0.4, 0.5) is 5.82 Å². The molecular weight excluding hydrogens is 186 g/mol. The number of anilines is 1. The molecule has 0 aromatic carbocycles. The van der Waals surface area contributed by atoms with Crippen LogP contribution in [0, 0.1) is 12.8 Å². The van der Waals surface area contributed by atoms with E-state index in [1.54, 1.807) is 0 Å². The summed E-state index contributed by atoms with van der Waals surface area (Å²) in [6, 6.07) is 1.82. The summed E-state index contributed by atoms with van der Waals surface area (Å²) in [6.45, 7) is 6.24. The van der Waals surface area contributed by atoms with Crippen molar-refractivity contribution in [3.8, 4) is 0 Å². The van der Waals surface area contributed by atoms with Gasteiger partial charge < -0.3 is 4.90 Å². The molecule has 0 saturated carbocycles. The van der Waals surface area contributed by atoms with Gasteiger partial charge in [0.25, 0.3) is 0 Å². The van der Waals surface area contributed by atoms with Crippen LogP contribution in [0.1, 0.15) is 12.7 Å². The Labute approximate surface area is 82.8 Å². The van der Waals surface area contributed by atoms with Gasteiger partial charge in [-0.1, -0.05) is 18.5 Å². The number of rotatable bonds is 1. The zero-order chi connectivity index (χ0) is 9.42. The van der Waals surface area contributed by atoms with Crippen LogP contribution in [0.2, 0.25) is 5.15 Å². The predicted octanol–water partition coefficient (Wildman–Crippen LogP) is 1.89. The monoisotopic (exact) mass is 197 g/mol. The molecule has 4 heteroatoms. The van der Waals surface area contributed by atoms with Gasteiger partial charge in [0, 0.05) is 19.2 Å². The summed E-state index contributed by atoms with van der Waals surface area (Å²) >= 11 is 5.83. The first-order chi connectivity index (χ1) is 6.15. The van der Waals surface area contributed by atoms with Crippen molar-refractivity contribution in [3.63, 3.8) is 0 Å². The molecule has 0 spiro atoms. The highest BCUT2D eigenvalue weighted by Gasteiger charge is 2.23. The lowest BCUT2D eigenvalue weighted by Crippen LogP contribution is -2.45. The molecule has 0 bridgehead atoms. The van der Waals surface area contributed by atoms with Gasteiger partial charge in [0.05, 0.1) is 0 Å². The summed E-state index contributed by atoms with van der Waals surface area (Å²) in [4.78, 5) is 10.6. The van der Waals surface area contributed by atoms with E-state index in [1.807, 2.05) is 13.0 Å². The second-order valence-electron chi connectivity index (χ2n) is 3.61. The van der Waals surface area contributed by atoms with E-state index in [4.69, 9.17) is 11.6 Å². The molecule has 0 radical (unpaired) electrons. The maximum Gasteiger partial charge on any atom is 0.134 e. The fraction of sp³-hybridized carbons (Fsp3) is 0.556. The Hall–Kier alpha value is -0.830. The highest BCUT2D eigenvalue weighted by molar-refractivity contribution is 6.29. The molecule has 0 amide bonds. The summed E-state index contributed by atoms with van der Waals surface area (Å²) in [5.41, 5.74) is 0. The summed E-state index contributed by atoms with van der Waals surface area (Å²) < 4.78 is 0. The number of aromatic nitrogens is 2. The quantitative estimate of drug-likeness (QED) is 0.644. The number of nitrogens with zero attached hydrogens (tertiary/aromatic N) is 3. The van der Waals surface area contributed by atoms with Gasteiger partial charge in [0.1, 0.15) is 16.8 Å². The average molecular weight is 198 g/mol. The summed E-state index contributed by atoms with van der Waals surface area (Å²) in [6.07, 6.45) is 0. The molecule has 1 saturated heterocycles. The highest BCUT2D eigenvalue weighted by atomic mass is 35.5. The molecule has 13 heavy (non-hydrogen) atoms. The zero-order valence-electron chi connectivity index (χ0n) is 7.79. The summed E-state index contributed by atoms with van der Waals surface area (Å²) in [5.74, 6) is 2.46. The molecule has 3 nitrogen and oxygen atoms in total. The van der Waals surface area contributed by atoms with Crippen molar-refractivity contribution < 1.29 is 0 Å². The van der Waals surface area contributed by atoms with Crippen molar-refractivity contribution in [3.05, 3.63) is 17.0 Å². The van der Waals surface area contributed by atoms with Gasteiger partial charge >= 0.3 is 0 Å².